The Bertz CT molecular complexity index is 271. The Morgan fingerprint density at radius 1 is 1.12 bits per heavy atom. The third-order valence-electron chi connectivity index (χ3n) is 2.50. The van der Waals surface area contributed by atoms with Gasteiger partial charge in [-0.05, 0) is 46.1 Å². The molecule has 0 N–H and O–H groups in total. The van der Waals surface area contributed by atoms with E-state index in [4.69, 9.17) is 4.74 Å². The number of hydrogen-bond donors (Lipinski definition) is 0. The summed E-state index contributed by atoms with van der Waals surface area (Å²) in [7, 11) is 0. The lowest BCUT2D eigenvalue weighted by Gasteiger charge is -2.02. The molecule has 0 spiro atoms. The van der Waals surface area contributed by atoms with Crippen LogP contribution in [0, 0.1) is 0 Å². The number of carbonyl (C=O) groups is 1. The maximum absolute atomic E-state index is 11.2. The molecule has 0 aromatic rings. The first-order chi connectivity index (χ1) is 8.06. The highest BCUT2D eigenvalue weighted by atomic mass is 16.5. The van der Waals surface area contributed by atoms with Crippen LogP contribution in [0.3, 0.4) is 0 Å². The molecule has 0 aliphatic heterocycles. The third-order valence-corrected chi connectivity index (χ3v) is 2.50. The molecule has 0 unspecified atom stereocenters. The van der Waals surface area contributed by atoms with E-state index in [1.54, 1.807) is 0 Å². The Kier molecular flexibility index (Phi) is 9.50. The molecule has 0 aromatic carbocycles. The van der Waals surface area contributed by atoms with Crippen molar-refractivity contribution in [2.45, 2.75) is 59.8 Å². The number of esters is 1. The highest BCUT2D eigenvalue weighted by molar-refractivity contribution is 5.69. The molecule has 0 radical (unpaired) electrons. The molecule has 0 aliphatic carbocycles. The Morgan fingerprint density at radius 2 is 1.82 bits per heavy atom. The summed E-state index contributed by atoms with van der Waals surface area (Å²) in [5, 5.41) is 0. The normalized spacial score (nSPS) is 11.2. The zero-order valence-electron chi connectivity index (χ0n) is 11.7. The van der Waals surface area contributed by atoms with Gasteiger partial charge >= 0.3 is 5.97 Å². The first-order valence-corrected chi connectivity index (χ1v) is 6.50. The zero-order valence-corrected chi connectivity index (χ0v) is 11.7. The van der Waals surface area contributed by atoms with E-state index in [0.717, 1.165) is 25.7 Å². The first-order valence-electron chi connectivity index (χ1n) is 6.50. The van der Waals surface area contributed by atoms with Crippen LogP contribution in [0.4, 0.5) is 0 Å². The number of rotatable bonds is 8. The number of carbonyl (C=O) groups excluding carboxylic acids is 1. The summed E-state index contributed by atoms with van der Waals surface area (Å²) in [4.78, 5) is 11.2. The molecule has 98 valence electrons. The van der Waals surface area contributed by atoms with Gasteiger partial charge in [-0.2, -0.15) is 0 Å². The molecule has 0 aliphatic rings. The predicted molar refractivity (Wildman–Crippen MR) is 72.9 cm³/mol. The van der Waals surface area contributed by atoms with E-state index in [2.05, 4.69) is 33.8 Å². The van der Waals surface area contributed by atoms with Crippen LogP contribution in [-0.2, 0) is 9.53 Å². The lowest BCUT2D eigenvalue weighted by Crippen LogP contribution is -2.04. The maximum Gasteiger partial charge on any atom is 0.306 e. The van der Waals surface area contributed by atoms with E-state index in [-0.39, 0.29) is 5.97 Å². The van der Waals surface area contributed by atoms with Crippen LogP contribution >= 0.6 is 0 Å². The average molecular weight is 238 g/mol. The number of allylic oxidation sites excluding steroid dienone is 3. The van der Waals surface area contributed by atoms with Gasteiger partial charge < -0.3 is 4.74 Å². The van der Waals surface area contributed by atoms with Gasteiger partial charge in [0.05, 0.1) is 0 Å². The summed E-state index contributed by atoms with van der Waals surface area (Å²) >= 11 is 0. The van der Waals surface area contributed by atoms with Gasteiger partial charge in [-0.25, -0.2) is 0 Å². The molecule has 0 amide bonds. The van der Waals surface area contributed by atoms with Crippen molar-refractivity contribution in [1.82, 2.24) is 0 Å². The Hall–Kier alpha value is -1.05. The van der Waals surface area contributed by atoms with Gasteiger partial charge in [-0.3, -0.25) is 4.79 Å². The second-order valence-corrected chi connectivity index (χ2v) is 4.66. The molecular weight excluding hydrogens is 212 g/mol. The van der Waals surface area contributed by atoms with Crippen LogP contribution in [0.25, 0.3) is 0 Å². The first kappa shape index (κ1) is 16.0. The third kappa shape index (κ3) is 11.2. The summed E-state index contributed by atoms with van der Waals surface area (Å²) in [6.45, 7) is 8.78. The summed E-state index contributed by atoms with van der Waals surface area (Å²) in [5.74, 6) is -0.0831. The maximum atomic E-state index is 11.2. The fourth-order valence-electron chi connectivity index (χ4n) is 1.36. The number of unbranched alkanes of at least 4 members (excludes halogenated alkanes) is 1. The molecular formula is C15H26O2. The minimum absolute atomic E-state index is 0.0831. The molecule has 17 heavy (non-hydrogen) atoms. The lowest BCUT2D eigenvalue weighted by molar-refractivity contribution is -0.142. The van der Waals surface area contributed by atoms with E-state index >= 15 is 0 Å². The van der Waals surface area contributed by atoms with Crippen LogP contribution in [-0.4, -0.2) is 12.6 Å². The van der Waals surface area contributed by atoms with Gasteiger partial charge in [-0.15, -0.1) is 0 Å². The van der Waals surface area contributed by atoms with Gasteiger partial charge in [0.25, 0.3) is 0 Å². The van der Waals surface area contributed by atoms with Gasteiger partial charge in [0, 0.05) is 6.42 Å². The summed E-state index contributed by atoms with van der Waals surface area (Å²) in [6, 6.07) is 0. The van der Waals surface area contributed by atoms with Crippen LogP contribution in [0.2, 0.25) is 0 Å². The molecule has 0 bridgehead atoms. The topological polar surface area (TPSA) is 26.3 Å². The zero-order chi connectivity index (χ0) is 13.1. The highest BCUT2D eigenvalue weighted by Crippen LogP contribution is 2.06. The quantitative estimate of drug-likeness (QED) is 0.462. The molecule has 0 fully saturated rings. The molecule has 0 saturated carbocycles. The van der Waals surface area contributed by atoms with Gasteiger partial charge in [0.1, 0.15) is 6.61 Å². The average Bonchev–Trinajstić information content (AvgIpc) is 2.25. The number of hydrogen-bond acceptors (Lipinski definition) is 2. The van der Waals surface area contributed by atoms with E-state index in [1.807, 2.05) is 6.08 Å². The fraction of sp³-hybridized carbons (Fsp3) is 0.667. The summed E-state index contributed by atoms with van der Waals surface area (Å²) in [6.07, 6.45) is 8.83. The van der Waals surface area contributed by atoms with Crippen LogP contribution < -0.4 is 0 Å². The molecule has 2 heteroatoms. The van der Waals surface area contributed by atoms with Crippen molar-refractivity contribution >= 4 is 5.97 Å². The van der Waals surface area contributed by atoms with Crippen molar-refractivity contribution < 1.29 is 9.53 Å². The smallest absolute Gasteiger partial charge is 0.306 e. The van der Waals surface area contributed by atoms with Crippen molar-refractivity contribution in [3.8, 4) is 0 Å². The molecule has 2 nitrogen and oxygen atoms in total. The van der Waals surface area contributed by atoms with E-state index < -0.39 is 0 Å². The Morgan fingerprint density at radius 3 is 2.41 bits per heavy atom. The molecule has 0 saturated heterocycles. The van der Waals surface area contributed by atoms with Crippen molar-refractivity contribution in [1.29, 1.82) is 0 Å². The van der Waals surface area contributed by atoms with Crippen molar-refractivity contribution in [2.24, 2.45) is 0 Å². The molecule has 0 atom stereocenters. The Labute approximate surface area is 106 Å². The fourth-order valence-corrected chi connectivity index (χ4v) is 1.36. The van der Waals surface area contributed by atoms with Crippen LogP contribution in [0.1, 0.15) is 59.8 Å². The van der Waals surface area contributed by atoms with E-state index in [0.29, 0.717) is 13.0 Å². The van der Waals surface area contributed by atoms with Crippen LogP contribution in [0.5, 0.6) is 0 Å². The van der Waals surface area contributed by atoms with Crippen molar-refractivity contribution in [3.63, 3.8) is 0 Å². The van der Waals surface area contributed by atoms with Crippen molar-refractivity contribution in [3.05, 3.63) is 23.3 Å². The van der Waals surface area contributed by atoms with Crippen molar-refractivity contribution in [2.75, 3.05) is 6.61 Å². The predicted octanol–water partition coefficient (Wildman–Crippen LogP) is 4.41. The lowest BCUT2D eigenvalue weighted by atomic mass is 10.1. The van der Waals surface area contributed by atoms with E-state index in [9.17, 15) is 4.79 Å². The van der Waals surface area contributed by atoms with Gasteiger partial charge in [0.2, 0.25) is 0 Å². The SMILES string of the molecule is CCCCC(=O)OC/C=C(/C)CCC=C(C)C. The Balaban J connectivity index is 3.69. The highest BCUT2D eigenvalue weighted by Gasteiger charge is 1.99. The largest absolute Gasteiger partial charge is 0.461 e. The van der Waals surface area contributed by atoms with Gasteiger partial charge in [-0.1, -0.05) is 30.6 Å². The monoisotopic (exact) mass is 238 g/mol. The molecule has 0 heterocycles. The summed E-state index contributed by atoms with van der Waals surface area (Å²) < 4.78 is 5.11. The standard InChI is InChI=1S/C15H26O2/c1-5-6-10-15(16)17-12-11-14(4)9-7-8-13(2)3/h8,11H,5-7,9-10,12H2,1-4H3/b14-11-. The van der Waals surface area contributed by atoms with Gasteiger partial charge in [0.15, 0.2) is 0 Å². The minimum Gasteiger partial charge on any atom is -0.461 e. The molecule has 0 aromatic heterocycles. The number of ether oxygens (including phenoxy) is 1. The minimum atomic E-state index is -0.0831. The molecule has 0 rings (SSSR count). The second kappa shape index (κ2) is 10.1. The van der Waals surface area contributed by atoms with E-state index in [1.165, 1.54) is 11.1 Å². The second-order valence-electron chi connectivity index (χ2n) is 4.66. The summed E-state index contributed by atoms with van der Waals surface area (Å²) in [5.41, 5.74) is 2.63. The van der Waals surface area contributed by atoms with Crippen LogP contribution in [0.15, 0.2) is 23.3 Å².